The lowest BCUT2D eigenvalue weighted by Gasteiger charge is -2.26. The van der Waals surface area contributed by atoms with E-state index in [1.54, 1.807) is 55.5 Å². The number of hydrogen-bond donors (Lipinski definition) is 2. The van der Waals surface area contributed by atoms with E-state index in [0.29, 0.717) is 41.7 Å². The molecule has 0 saturated carbocycles. The number of Topliss-reactive ketones (excluding diaryl/α,β-unsaturated/α-hetero) is 1. The fraction of sp³-hybridized carbons (Fsp3) is 0.290. The lowest BCUT2D eigenvalue weighted by Crippen LogP contribution is -2.29. The molecule has 0 bridgehead atoms. The first-order valence-electron chi connectivity index (χ1n) is 12.9. The number of amides is 1. The van der Waals surface area contributed by atoms with Crippen LogP contribution in [0.15, 0.2) is 72.3 Å². The first kappa shape index (κ1) is 26.8. The smallest absolute Gasteiger partial charge is 0.300 e. The van der Waals surface area contributed by atoms with Crippen LogP contribution in [-0.4, -0.2) is 35.1 Å². The minimum atomic E-state index is -0.945. The summed E-state index contributed by atoms with van der Waals surface area (Å²) in [6, 6.07) is 18.0. The van der Waals surface area contributed by atoms with Gasteiger partial charge in [0.05, 0.1) is 24.8 Å². The number of benzene rings is 3. The minimum Gasteiger partial charge on any atom is -0.507 e. The molecule has 7 heteroatoms. The van der Waals surface area contributed by atoms with Crippen LogP contribution < -0.4 is 14.4 Å². The highest BCUT2D eigenvalue weighted by Gasteiger charge is 2.47. The van der Waals surface area contributed by atoms with Crippen molar-refractivity contribution in [2.24, 2.45) is 0 Å². The van der Waals surface area contributed by atoms with Crippen LogP contribution in [0, 0.1) is 0 Å². The number of rotatable bonds is 9. The van der Waals surface area contributed by atoms with Crippen molar-refractivity contribution in [3.63, 3.8) is 0 Å². The summed E-state index contributed by atoms with van der Waals surface area (Å²) >= 11 is 0. The zero-order valence-electron chi connectivity index (χ0n) is 22.1. The summed E-state index contributed by atoms with van der Waals surface area (Å²) in [6.07, 6.45) is 0.819. The summed E-state index contributed by atoms with van der Waals surface area (Å²) in [5, 5.41) is 21.7. The molecule has 0 radical (unpaired) electrons. The summed E-state index contributed by atoms with van der Waals surface area (Å²) in [6.45, 7) is 8.76. The minimum absolute atomic E-state index is 0.0521. The maximum atomic E-state index is 13.5. The Morgan fingerprint density at radius 2 is 1.71 bits per heavy atom. The van der Waals surface area contributed by atoms with Gasteiger partial charge in [0.2, 0.25) is 0 Å². The normalized spacial score (nSPS) is 16.8. The molecule has 38 heavy (non-hydrogen) atoms. The van der Waals surface area contributed by atoms with Crippen molar-refractivity contribution in [2.75, 3.05) is 18.1 Å². The van der Waals surface area contributed by atoms with Crippen LogP contribution in [0.4, 0.5) is 5.69 Å². The second kappa shape index (κ2) is 11.4. The van der Waals surface area contributed by atoms with Gasteiger partial charge in [0.25, 0.3) is 11.7 Å². The molecular weight excluding hydrogens is 482 g/mol. The number of nitrogens with zero attached hydrogens (tertiary/aromatic N) is 1. The Labute approximate surface area is 222 Å². The van der Waals surface area contributed by atoms with Gasteiger partial charge in [-0.05, 0) is 66.8 Å². The maximum absolute atomic E-state index is 13.5. The van der Waals surface area contributed by atoms with E-state index in [9.17, 15) is 19.8 Å². The Kier molecular flexibility index (Phi) is 8.05. The first-order chi connectivity index (χ1) is 18.3. The third-order valence-electron chi connectivity index (χ3n) is 6.46. The second-order valence-electron chi connectivity index (χ2n) is 9.45. The van der Waals surface area contributed by atoms with E-state index in [4.69, 9.17) is 9.47 Å². The average molecular weight is 516 g/mol. The number of carbonyl (C=O) groups excluding carboxylic acids is 2. The topological polar surface area (TPSA) is 96.3 Å². The number of aromatic hydroxyl groups is 1. The standard InChI is InChI=1S/C31H33NO6/c1-5-16-38-24-9-7-8-22(17-24)29(34)27-28(21-12-15-25(33)26(18-21)37-6-2)32(31(36)30(27)35)23-13-10-20(11-14-23)19(3)4/h7-15,17-19,28,33-34H,5-6,16H2,1-4H3/b29-27-. The van der Waals surface area contributed by atoms with Gasteiger partial charge >= 0.3 is 0 Å². The molecule has 1 atom stereocenters. The predicted octanol–water partition coefficient (Wildman–Crippen LogP) is 6.33. The van der Waals surface area contributed by atoms with Crippen LogP contribution >= 0.6 is 0 Å². The lowest BCUT2D eigenvalue weighted by molar-refractivity contribution is -0.132. The monoisotopic (exact) mass is 515 g/mol. The molecule has 1 unspecified atom stereocenters. The summed E-state index contributed by atoms with van der Waals surface area (Å²) in [5.74, 6) is -0.847. The number of hydrogen-bond acceptors (Lipinski definition) is 6. The van der Waals surface area contributed by atoms with Crippen LogP contribution in [0.1, 0.15) is 62.8 Å². The molecule has 3 aromatic carbocycles. The van der Waals surface area contributed by atoms with Gasteiger partial charge in [0.1, 0.15) is 11.5 Å². The van der Waals surface area contributed by atoms with Crippen molar-refractivity contribution < 1.29 is 29.3 Å². The van der Waals surface area contributed by atoms with E-state index < -0.39 is 17.7 Å². The van der Waals surface area contributed by atoms with E-state index in [1.165, 1.54) is 11.0 Å². The van der Waals surface area contributed by atoms with Crippen molar-refractivity contribution in [3.8, 4) is 17.2 Å². The van der Waals surface area contributed by atoms with Gasteiger partial charge in [0, 0.05) is 11.3 Å². The van der Waals surface area contributed by atoms with Crippen LogP contribution in [-0.2, 0) is 9.59 Å². The number of anilines is 1. The Hall–Kier alpha value is -4.26. The van der Waals surface area contributed by atoms with Gasteiger partial charge in [-0.15, -0.1) is 0 Å². The molecule has 0 aliphatic carbocycles. The summed E-state index contributed by atoms with van der Waals surface area (Å²) in [5.41, 5.74) is 2.43. The quantitative estimate of drug-likeness (QED) is 0.196. The molecule has 1 saturated heterocycles. The van der Waals surface area contributed by atoms with Crippen molar-refractivity contribution >= 4 is 23.1 Å². The first-order valence-corrected chi connectivity index (χ1v) is 12.9. The fourth-order valence-corrected chi connectivity index (χ4v) is 4.51. The molecule has 2 N–H and O–H groups in total. The Morgan fingerprint density at radius 3 is 2.37 bits per heavy atom. The number of ketones is 1. The second-order valence-corrected chi connectivity index (χ2v) is 9.45. The Bertz CT molecular complexity index is 1360. The van der Waals surface area contributed by atoms with Crippen molar-refractivity contribution in [1.82, 2.24) is 0 Å². The van der Waals surface area contributed by atoms with Crippen LogP contribution in [0.25, 0.3) is 5.76 Å². The average Bonchev–Trinajstić information content (AvgIpc) is 3.18. The van der Waals surface area contributed by atoms with Crippen molar-refractivity contribution in [1.29, 1.82) is 0 Å². The number of aliphatic hydroxyl groups excluding tert-OH is 1. The Morgan fingerprint density at radius 1 is 0.974 bits per heavy atom. The third-order valence-corrected chi connectivity index (χ3v) is 6.46. The highest BCUT2D eigenvalue weighted by molar-refractivity contribution is 6.51. The summed E-state index contributed by atoms with van der Waals surface area (Å²) in [4.78, 5) is 28.3. The van der Waals surface area contributed by atoms with Gasteiger partial charge in [-0.25, -0.2) is 0 Å². The zero-order chi connectivity index (χ0) is 27.4. The Balaban J connectivity index is 1.90. The molecule has 1 amide bonds. The van der Waals surface area contributed by atoms with E-state index >= 15 is 0 Å². The predicted molar refractivity (Wildman–Crippen MR) is 147 cm³/mol. The lowest BCUT2D eigenvalue weighted by atomic mass is 9.94. The number of phenolic OH excluding ortho intramolecular Hbond substituents is 1. The van der Waals surface area contributed by atoms with Gasteiger partial charge < -0.3 is 19.7 Å². The fourth-order valence-electron chi connectivity index (χ4n) is 4.51. The molecule has 1 fully saturated rings. The molecule has 0 spiro atoms. The van der Waals surface area contributed by atoms with Gasteiger partial charge in [-0.1, -0.05) is 51.1 Å². The van der Waals surface area contributed by atoms with Gasteiger partial charge in [-0.2, -0.15) is 0 Å². The van der Waals surface area contributed by atoms with Crippen molar-refractivity contribution in [3.05, 3.63) is 89.0 Å². The molecular formula is C31H33NO6. The molecule has 1 aliphatic rings. The maximum Gasteiger partial charge on any atom is 0.300 e. The van der Waals surface area contributed by atoms with Gasteiger partial charge in [0.15, 0.2) is 11.5 Å². The number of phenols is 1. The van der Waals surface area contributed by atoms with Crippen LogP contribution in [0.2, 0.25) is 0 Å². The molecule has 4 rings (SSSR count). The van der Waals surface area contributed by atoms with Crippen LogP contribution in [0.3, 0.4) is 0 Å². The molecule has 1 aliphatic heterocycles. The SMILES string of the molecule is CCCOc1cccc(/C(O)=C2/C(=O)C(=O)N(c3ccc(C(C)C)cc3)C2c2ccc(O)c(OCC)c2)c1. The van der Waals surface area contributed by atoms with E-state index in [-0.39, 0.29) is 22.8 Å². The molecule has 7 nitrogen and oxygen atoms in total. The van der Waals surface area contributed by atoms with E-state index in [0.717, 1.165) is 12.0 Å². The molecule has 1 heterocycles. The highest BCUT2D eigenvalue weighted by atomic mass is 16.5. The molecule has 0 aromatic heterocycles. The molecule has 3 aromatic rings. The number of ether oxygens (including phenoxy) is 2. The largest absolute Gasteiger partial charge is 0.507 e. The number of carbonyl (C=O) groups is 2. The zero-order valence-corrected chi connectivity index (χ0v) is 22.1. The van der Waals surface area contributed by atoms with Gasteiger partial charge in [-0.3, -0.25) is 14.5 Å². The summed E-state index contributed by atoms with van der Waals surface area (Å²) < 4.78 is 11.3. The van der Waals surface area contributed by atoms with Crippen LogP contribution in [0.5, 0.6) is 17.2 Å². The number of aliphatic hydroxyl groups is 1. The third kappa shape index (κ3) is 5.23. The molecule has 198 valence electrons. The van der Waals surface area contributed by atoms with E-state index in [1.807, 2.05) is 19.1 Å². The highest BCUT2D eigenvalue weighted by Crippen LogP contribution is 2.44. The summed E-state index contributed by atoms with van der Waals surface area (Å²) in [7, 11) is 0. The van der Waals surface area contributed by atoms with E-state index in [2.05, 4.69) is 13.8 Å². The van der Waals surface area contributed by atoms with Crippen molar-refractivity contribution in [2.45, 2.75) is 46.1 Å².